The van der Waals surface area contributed by atoms with Crippen molar-refractivity contribution in [1.29, 1.82) is 0 Å². The van der Waals surface area contributed by atoms with Gasteiger partial charge in [0, 0.05) is 25.1 Å². The Morgan fingerprint density at radius 3 is 2.56 bits per heavy atom. The molecule has 0 amide bonds. The molecule has 6 heteroatoms. The molecule has 0 unspecified atom stereocenters. The Labute approximate surface area is 108 Å². The quantitative estimate of drug-likeness (QED) is 0.318. The molecule has 0 bridgehead atoms. The van der Waals surface area contributed by atoms with Crippen LogP contribution >= 0.6 is 0 Å². The summed E-state index contributed by atoms with van der Waals surface area (Å²) in [5.41, 5.74) is 2.55. The molecular formula is C12H23N5O. The van der Waals surface area contributed by atoms with Crippen LogP contribution in [0.4, 0.5) is 11.6 Å². The average Bonchev–Trinajstić information content (AvgIpc) is 2.38. The van der Waals surface area contributed by atoms with E-state index in [1.54, 1.807) is 6.07 Å². The Balaban J connectivity index is 2.56. The summed E-state index contributed by atoms with van der Waals surface area (Å²) in [5, 5.41) is 11.9. The van der Waals surface area contributed by atoms with Crippen molar-refractivity contribution in [2.75, 3.05) is 23.9 Å². The van der Waals surface area contributed by atoms with Crippen molar-refractivity contribution in [3.05, 3.63) is 11.9 Å². The number of rotatable bonds is 8. The normalized spacial score (nSPS) is 10.7. The predicted molar refractivity (Wildman–Crippen MR) is 73.4 cm³/mol. The molecule has 1 rings (SSSR count). The van der Waals surface area contributed by atoms with Crippen LogP contribution in [0, 0.1) is 0 Å². The first kappa shape index (κ1) is 14.7. The number of nitrogens with two attached hydrogens (primary N) is 1. The highest BCUT2D eigenvalue weighted by Crippen LogP contribution is 2.16. The van der Waals surface area contributed by atoms with Crippen molar-refractivity contribution >= 4 is 11.6 Å². The average molecular weight is 253 g/mol. The van der Waals surface area contributed by atoms with Crippen LogP contribution < -0.4 is 16.6 Å². The molecule has 102 valence electrons. The van der Waals surface area contributed by atoms with Crippen molar-refractivity contribution in [2.24, 2.45) is 5.84 Å². The topological polar surface area (TPSA) is 96.1 Å². The van der Waals surface area contributed by atoms with Crippen LogP contribution in [-0.4, -0.2) is 28.2 Å². The molecule has 0 saturated heterocycles. The van der Waals surface area contributed by atoms with Crippen molar-refractivity contribution in [1.82, 2.24) is 9.97 Å². The molecule has 0 aromatic carbocycles. The highest BCUT2D eigenvalue weighted by atomic mass is 16.2. The van der Waals surface area contributed by atoms with Crippen molar-refractivity contribution in [3.8, 4) is 0 Å². The van der Waals surface area contributed by atoms with Crippen LogP contribution in [0.1, 0.15) is 44.9 Å². The molecule has 5 N–H and O–H groups in total. The van der Waals surface area contributed by atoms with Gasteiger partial charge in [-0.2, -0.15) is 0 Å². The first-order valence-electron chi connectivity index (χ1n) is 6.37. The Morgan fingerprint density at radius 1 is 1.22 bits per heavy atom. The summed E-state index contributed by atoms with van der Waals surface area (Å²) in [4.78, 5) is 8.72. The van der Waals surface area contributed by atoms with Crippen molar-refractivity contribution in [2.45, 2.75) is 39.0 Å². The number of nitrogens with zero attached hydrogens (tertiary/aromatic N) is 2. The standard InChI is InChI=1S/C12H23N5O/c1-9(2)12-15-10(8-11(16-12)17-13)14-6-4-3-5-7-18/h8-9,18H,3-7,13H2,1-2H3,(H2,14,15,16,17). The second-order valence-corrected chi connectivity index (χ2v) is 4.51. The van der Waals surface area contributed by atoms with Gasteiger partial charge in [0.1, 0.15) is 17.5 Å². The maximum Gasteiger partial charge on any atom is 0.145 e. The number of hydrogen-bond donors (Lipinski definition) is 4. The van der Waals surface area contributed by atoms with Crippen LogP contribution in [0.15, 0.2) is 6.07 Å². The summed E-state index contributed by atoms with van der Waals surface area (Å²) < 4.78 is 0. The van der Waals surface area contributed by atoms with Gasteiger partial charge in [-0.15, -0.1) is 0 Å². The molecule has 18 heavy (non-hydrogen) atoms. The maximum absolute atomic E-state index is 8.69. The third-order valence-electron chi connectivity index (χ3n) is 2.55. The summed E-state index contributed by atoms with van der Waals surface area (Å²) in [7, 11) is 0. The summed E-state index contributed by atoms with van der Waals surface area (Å²) in [6.07, 6.45) is 2.86. The fourth-order valence-electron chi connectivity index (χ4n) is 1.52. The van der Waals surface area contributed by atoms with Gasteiger partial charge in [0.15, 0.2) is 0 Å². The zero-order valence-electron chi connectivity index (χ0n) is 11.1. The fourth-order valence-corrected chi connectivity index (χ4v) is 1.52. The van der Waals surface area contributed by atoms with Crippen LogP contribution in [0.5, 0.6) is 0 Å². The largest absolute Gasteiger partial charge is 0.396 e. The lowest BCUT2D eigenvalue weighted by Gasteiger charge is -2.11. The number of unbranched alkanes of at least 4 members (excludes halogenated alkanes) is 2. The lowest BCUT2D eigenvalue weighted by Crippen LogP contribution is -2.13. The van der Waals surface area contributed by atoms with Gasteiger partial charge in [-0.3, -0.25) is 0 Å². The van der Waals surface area contributed by atoms with E-state index in [1.165, 1.54) is 0 Å². The molecule has 0 saturated carbocycles. The number of nitrogens with one attached hydrogen (secondary N) is 2. The first-order valence-corrected chi connectivity index (χ1v) is 6.37. The van der Waals surface area contributed by atoms with Gasteiger partial charge in [-0.1, -0.05) is 13.8 Å². The van der Waals surface area contributed by atoms with Crippen molar-refractivity contribution < 1.29 is 5.11 Å². The van der Waals surface area contributed by atoms with Crippen molar-refractivity contribution in [3.63, 3.8) is 0 Å². The van der Waals surface area contributed by atoms with Gasteiger partial charge in [-0.25, -0.2) is 15.8 Å². The predicted octanol–water partition coefficient (Wildman–Crippen LogP) is 1.46. The summed E-state index contributed by atoms with van der Waals surface area (Å²) in [6, 6.07) is 1.79. The number of hydrogen-bond acceptors (Lipinski definition) is 6. The fraction of sp³-hybridized carbons (Fsp3) is 0.667. The maximum atomic E-state index is 8.69. The molecular weight excluding hydrogens is 230 g/mol. The Hall–Kier alpha value is -1.40. The number of aliphatic hydroxyl groups is 1. The highest BCUT2D eigenvalue weighted by Gasteiger charge is 2.07. The Kier molecular flexibility index (Phi) is 6.38. The van der Waals surface area contributed by atoms with E-state index in [0.717, 1.165) is 37.4 Å². The molecule has 1 heterocycles. The molecule has 0 atom stereocenters. The number of hydrazine groups is 1. The molecule has 0 radical (unpaired) electrons. The molecule has 0 aliphatic carbocycles. The van der Waals surface area contributed by atoms with Crippen LogP contribution in [0.2, 0.25) is 0 Å². The zero-order valence-corrected chi connectivity index (χ0v) is 11.1. The Morgan fingerprint density at radius 2 is 1.94 bits per heavy atom. The van der Waals surface area contributed by atoms with Gasteiger partial charge in [-0.05, 0) is 19.3 Å². The molecule has 1 aromatic heterocycles. The smallest absolute Gasteiger partial charge is 0.145 e. The van der Waals surface area contributed by atoms with E-state index in [-0.39, 0.29) is 12.5 Å². The first-order chi connectivity index (χ1) is 8.67. The molecule has 6 nitrogen and oxygen atoms in total. The van der Waals surface area contributed by atoms with Gasteiger partial charge >= 0.3 is 0 Å². The van der Waals surface area contributed by atoms with E-state index in [9.17, 15) is 0 Å². The summed E-state index contributed by atoms with van der Waals surface area (Å²) >= 11 is 0. The third-order valence-corrected chi connectivity index (χ3v) is 2.55. The molecule has 0 spiro atoms. The number of nitrogen functional groups attached to an aromatic ring is 1. The third kappa shape index (κ3) is 4.85. The lowest BCUT2D eigenvalue weighted by molar-refractivity contribution is 0.283. The minimum Gasteiger partial charge on any atom is -0.396 e. The van der Waals surface area contributed by atoms with Crippen LogP contribution in [-0.2, 0) is 0 Å². The number of aliphatic hydroxyl groups excluding tert-OH is 1. The summed E-state index contributed by atoms with van der Waals surface area (Å²) in [6.45, 7) is 5.17. The van der Waals surface area contributed by atoms with Gasteiger partial charge in [0.05, 0.1) is 0 Å². The van der Waals surface area contributed by atoms with Gasteiger partial charge in [0.2, 0.25) is 0 Å². The Bertz CT molecular complexity index is 356. The second-order valence-electron chi connectivity index (χ2n) is 4.51. The molecule has 0 aliphatic heterocycles. The van der Waals surface area contributed by atoms with E-state index in [2.05, 4.69) is 20.7 Å². The summed E-state index contributed by atoms with van der Waals surface area (Å²) in [5.74, 6) is 7.81. The minimum atomic E-state index is 0.256. The van der Waals surface area contributed by atoms with Gasteiger partial charge in [0.25, 0.3) is 0 Å². The molecule has 1 aromatic rings. The number of anilines is 2. The zero-order chi connectivity index (χ0) is 13.4. The van der Waals surface area contributed by atoms with Gasteiger partial charge < -0.3 is 15.8 Å². The van der Waals surface area contributed by atoms with E-state index >= 15 is 0 Å². The van der Waals surface area contributed by atoms with E-state index in [4.69, 9.17) is 10.9 Å². The van der Waals surface area contributed by atoms with E-state index < -0.39 is 0 Å². The molecule has 0 aliphatic rings. The molecule has 0 fully saturated rings. The lowest BCUT2D eigenvalue weighted by atomic mass is 10.2. The van der Waals surface area contributed by atoms with Crippen LogP contribution in [0.25, 0.3) is 0 Å². The minimum absolute atomic E-state index is 0.256. The second kappa shape index (κ2) is 7.84. The van der Waals surface area contributed by atoms with E-state index in [1.807, 2.05) is 13.8 Å². The monoisotopic (exact) mass is 253 g/mol. The highest BCUT2D eigenvalue weighted by molar-refractivity contribution is 5.47. The number of aromatic nitrogens is 2. The van der Waals surface area contributed by atoms with Crippen LogP contribution in [0.3, 0.4) is 0 Å². The SMILES string of the molecule is CC(C)c1nc(NN)cc(NCCCCCO)n1. The van der Waals surface area contributed by atoms with E-state index in [0.29, 0.717) is 5.82 Å².